The molecule has 0 saturated heterocycles. The van der Waals surface area contributed by atoms with E-state index in [0.717, 1.165) is 41.7 Å². The summed E-state index contributed by atoms with van der Waals surface area (Å²) in [7, 11) is 1.64. The van der Waals surface area contributed by atoms with Gasteiger partial charge in [0.15, 0.2) is 5.76 Å². The van der Waals surface area contributed by atoms with Gasteiger partial charge in [0.2, 0.25) is 6.29 Å². The molecule has 164 valence electrons. The van der Waals surface area contributed by atoms with Gasteiger partial charge in [-0.05, 0) is 54.2 Å². The highest BCUT2D eigenvalue weighted by atomic mass is 16.7. The molecule has 6 nitrogen and oxygen atoms in total. The number of hydrogen-bond donors (Lipinski definition) is 2. The number of benzene rings is 2. The van der Waals surface area contributed by atoms with Gasteiger partial charge in [-0.3, -0.25) is 4.79 Å². The molecule has 0 aromatic heterocycles. The second-order valence-electron chi connectivity index (χ2n) is 8.08. The number of allylic oxidation sites excluding steroid dienone is 1. The van der Waals surface area contributed by atoms with Crippen LogP contribution in [0.5, 0.6) is 5.75 Å². The molecule has 31 heavy (non-hydrogen) atoms. The second kappa shape index (κ2) is 9.98. The number of nitrogens with one attached hydrogen (secondary N) is 1. The van der Waals surface area contributed by atoms with Crippen molar-refractivity contribution in [1.29, 1.82) is 0 Å². The van der Waals surface area contributed by atoms with Crippen LogP contribution in [0.4, 0.5) is 0 Å². The molecular weight excluding hydrogens is 394 g/mol. The van der Waals surface area contributed by atoms with E-state index in [4.69, 9.17) is 14.2 Å². The molecule has 2 aromatic rings. The maximum absolute atomic E-state index is 12.8. The molecule has 1 heterocycles. The third-order valence-electron chi connectivity index (χ3n) is 5.91. The fraction of sp³-hybridized carbons (Fsp3) is 0.400. The standard InChI is InChI=1S/C25H29NO5/c1-29-22-11-9-19(10-12-22)20-13-23(25(28)26-21-3-2-4-21)31-24(14-20)30-16-18-7-5-17(15-27)6-8-18/h5-13,20-21,24,27H,2-4,14-16H2,1H3,(H,26,28)/t20-,24+/m1/s1. The summed E-state index contributed by atoms with van der Waals surface area (Å²) in [6.45, 7) is 0.379. The minimum Gasteiger partial charge on any atom is -0.497 e. The Kier molecular flexibility index (Phi) is 6.89. The smallest absolute Gasteiger partial charge is 0.286 e. The average molecular weight is 424 g/mol. The molecule has 1 aliphatic heterocycles. The Morgan fingerprint density at radius 2 is 1.81 bits per heavy atom. The largest absolute Gasteiger partial charge is 0.497 e. The Morgan fingerprint density at radius 1 is 1.10 bits per heavy atom. The topological polar surface area (TPSA) is 77.0 Å². The highest BCUT2D eigenvalue weighted by Gasteiger charge is 2.30. The predicted molar refractivity (Wildman–Crippen MR) is 116 cm³/mol. The van der Waals surface area contributed by atoms with Crippen LogP contribution in [-0.4, -0.2) is 30.5 Å². The van der Waals surface area contributed by atoms with Crippen molar-refractivity contribution in [3.63, 3.8) is 0 Å². The van der Waals surface area contributed by atoms with Crippen molar-refractivity contribution in [1.82, 2.24) is 5.32 Å². The number of ether oxygens (including phenoxy) is 3. The van der Waals surface area contributed by atoms with Gasteiger partial charge in [0.25, 0.3) is 5.91 Å². The number of carbonyl (C=O) groups is 1. The summed E-state index contributed by atoms with van der Waals surface area (Å²) in [6, 6.07) is 15.7. The van der Waals surface area contributed by atoms with Crippen LogP contribution in [0, 0.1) is 0 Å². The number of methoxy groups -OCH3 is 1. The Bertz CT molecular complexity index is 903. The zero-order valence-electron chi connectivity index (χ0n) is 17.8. The Morgan fingerprint density at radius 3 is 2.42 bits per heavy atom. The van der Waals surface area contributed by atoms with Crippen molar-refractivity contribution >= 4 is 5.91 Å². The lowest BCUT2D eigenvalue weighted by molar-refractivity contribution is -0.150. The van der Waals surface area contributed by atoms with E-state index in [9.17, 15) is 9.90 Å². The molecule has 1 saturated carbocycles. The van der Waals surface area contributed by atoms with Gasteiger partial charge in [0, 0.05) is 18.4 Å². The molecule has 6 heteroatoms. The normalized spacial score (nSPS) is 20.9. The van der Waals surface area contributed by atoms with Crippen LogP contribution in [-0.2, 0) is 27.5 Å². The molecule has 2 aliphatic rings. The summed E-state index contributed by atoms with van der Waals surface area (Å²) >= 11 is 0. The van der Waals surface area contributed by atoms with Gasteiger partial charge in [0.05, 0.1) is 20.3 Å². The fourth-order valence-electron chi connectivity index (χ4n) is 3.74. The molecule has 0 spiro atoms. The third kappa shape index (κ3) is 5.46. The maximum Gasteiger partial charge on any atom is 0.286 e. The number of aliphatic hydroxyl groups is 1. The molecule has 2 aromatic carbocycles. The molecule has 0 radical (unpaired) electrons. The van der Waals surface area contributed by atoms with Gasteiger partial charge >= 0.3 is 0 Å². The van der Waals surface area contributed by atoms with Crippen molar-refractivity contribution < 1.29 is 24.1 Å². The Balaban J connectivity index is 1.47. The molecule has 0 unspecified atom stereocenters. The molecule has 1 fully saturated rings. The quantitative estimate of drug-likeness (QED) is 0.676. The zero-order valence-corrected chi connectivity index (χ0v) is 17.8. The van der Waals surface area contributed by atoms with Gasteiger partial charge in [-0.1, -0.05) is 36.4 Å². The number of aliphatic hydroxyl groups excluding tert-OH is 1. The van der Waals surface area contributed by atoms with Crippen LogP contribution in [0.15, 0.2) is 60.4 Å². The van der Waals surface area contributed by atoms with E-state index in [1.165, 1.54) is 0 Å². The summed E-state index contributed by atoms with van der Waals surface area (Å²) in [5.41, 5.74) is 2.92. The highest BCUT2D eigenvalue weighted by molar-refractivity contribution is 5.92. The van der Waals surface area contributed by atoms with E-state index in [1.54, 1.807) is 7.11 Å². The van der Waals surface area contributed by atoms with E-state index in [1.807, 2.05) is 54.6 Å². The first-order chi connectivity index (χ1) is 15.1. The van der Waals surface area contributed by atoms with E-state index in [0.29, 0.717) is 18.8 Å². The number of hydrogen-bond acceptors (Lipinski definition) is 5. The van der Waals surface area contributed by atoms with Crippen molar-refractivity contribution in [2.45, 2.75) is 57.1 Å². The van der Waals surface area contributed by atoms with Crippen LogP contribution >= 0.6 is 0 Å². The highest BCUT2D eigenvalue weighted by Crippen LogP contribution is 2.33. The molecule has 2 N–H and O–H groups in total. The van der Waals surface area contributed by atoms with Crippen molar-refractivity contribution in [2.24, 2.45) is 0 Å². The Labute approximate surface area is 182 Å². The summed E-state index contributed by atoms with van der Waals surface area (Å²) in [5, 5.41) is 12.2. The van der Waals surface area contributed by atoms with Crippen molar-refractivity contribution in [3.8, 4) is 5.75 Å². The predicted octanol–water partition coefficient (Wildman–Crippen LogP) is 3.79. The molecule has 1 aliphatic carbocycles. The summed E-state index contributed by atoms with van der Waals surface area (Å²) in [4.78, 5) is 12.8. The van der Waals surface area contributed by atoms with E-state index in [2.05, 4.69) is 5.32 Å². The molecule has 4 rings (SSSR count). The lowest BCUT2D eigenvalue weighted by Gasteiger charge is -2.31. The van der Waals surface area contributed by atoms with Gasteiger partial charge < -0.3 is 24.6 Å². The van der Waals surface area contributed by atoms with Crippen LogP contribution < -0.4 is 10.1 Å². The lowest BCUT2D eigenvalue weighted by Crippen LogP contribution is -2.42. The first kappa shape index (κ1) is 21.4. The molecular formula is C25H29NO5. The van der Waals surface area contributed by atoms with Crippen LogP contribution in [0.3, 0.4) is 0 Å². The maximum atomic E-state index is 12.8. The molecule has 2 atom stereocenters. The monoisotopic (exact) mass is 423 g/mol. The summed E-state index contributed by atoms with van der Waals surface area (Å²) in [5.74, 6) is 0.939. The summed E-state index contributed by atoms with van der Waals surface area (Å²) in [6.07, 6.45) is 5.17. The first-order valence-corrected chi connectivity index (χ1v) is 10.8. The van der Waals surface area contributed by atoms with Crippen molar-refractivity contribution in [3.05, 3.63) is 77.1 Å². The average Bonchev–Trinajstić information content (AvgIpc) is 2.80. The van der Waals surface area contributed by atoms with E-state index in [-0.39, 0.29) is 24.5 Å². The van der Waals surface area contributed by atoms with Crippen LogP contribution in [0.2, 0.25) is 0 Å². The lowest BCUT2D eigenvalue weighted by atomic mass is 9.91. The van der Waals surface area contributed by atoms with Crippen molar-refractivity contribution in [2.75, 3.05) is 7.11 Å². The van der Waals surface area contributed by atoms with E-state index >= 15 is 0 Å². The van der Waals surface area contributed by atoms with Gasteiger partial charge in [-0.25, -0.2) is 0 Å². The van der Waals surface area contributed by atoms with Gasteiger partial charge in [-0.2, -0.15) is 0 Å². The van der Waals surface area contributed by atoms with Gasteiger partial charge in [-0.15, -0.1) is 0 Å². The summed E-state index contributed by atoms with van der Waals surface area (Å²) < 4.78 is 17.2. The third-order valence-corrected chi connectivity index (χ3v) is 5.91. The molecule has 0 bridgehead atoms. The minimum atomic E-state index is -0.531. The van der Waals surface area contributed by atoms with Crippen LogP contribution in [0.25, 0.3) is 0 Å². The minimum absolute atomic E-state index is 0.00330. The Hall–Kier alpha value is -2.83. The van der Waals surface area contributed by atoms with Gasteiger partial charge in [0.1, 0.15) is 5.75 Å². The molecule has 1 amide bonds. The second-order valence-corrected chi connectivity index (χ2v) is 8.08. The zero-order chi connectivity index (χ0) is 21.6. The SMILES string of the molecule is COc1ccc([C@@H]2C=C(C(=O)NC3CCC3)O[C@H](OCc3ccc(CO)cc3)C2)cc1. The van der Waals surface area contributed by atoms with E-state index < -0.39 is 6.29 Å². The fourth-order valence-corrected chi connectivity index (χ4v) is 3.74. The first-order valence-electron chi connectivity index (χ1n) is 10.8. The number of amides is 1. The van der Waals surface area contributed by atoms with Crippen LogP contribution in [0.1, 0.15) is 48.3 Å². The number of carbonyl (C=O) groups excluding carboxylic acids is 1. The number of rotatable bonds is 8.